The number of nitriles is 1. The Morgan fingerprint density at radius 3 is 2.39 bits per heavy atom. The van der Waals surface area contributed by atoms with E-state index in [1.54, 1.807) is 0 Å². The zero-order valence-electron chi connectivity index (χ0n) is 14.7. The summed E-state index contributed by atoms with van der Waals surface area (Å²) in [5.74, 6) is 0.219. The highest BCUT2D eigenvalue weighted by Gasteiger charge is 2.53. The van der Waals surface area contributed by atoms with Gasteiger partial charge in [0.1, 0.15) is 6.07 Å². The maximum atomic E-state index is 12.0. The van der Waals surface area contributed by atoms with E-state index in [0.29, 0.717) is 5.56 Å². The molecule has 0 radical (unpaired) electrons. The predicted molar refractivity (Wildman–Crippen MR) is 98.2 cm³/mol. The molecule has 1 aromatic carbocycles. The SMILES string of the molecule is CCCC(CCC)C1(O)c2c(ccc(C#N)c2Br)CCC1(C)C. The van der Waals surface area contributed by atoms with Crippen molar-refractivity contribution in [2.45, 2.75) is 71.8 Å². The number of halogens is 1. The average Bonchev–Trinajstić information content (AvgIpc) is 2.51. The Morgan fingerprint density at radius 2 is 1.87 bits per heavy atom. The smallest absolute Gasteiger partial charge is 0.100 e. The van der Waals surface area contributed by atoms with E-state index in [2.05, 4.69) is 49.7 Å². The number of rotatable bonds is 5. The van der Waals surface area contributed by atoms with Crippen LogP contribution in [0.25, 0.3) is 0 Å². The lowest BCUT2D eigenvalue weighted by Gasteiger charge is -2.52. The van der Waals surface area contributed by atoms with Crippen LogP contribution in [0.2, 0.25) is 0 Å². The second-order valence-corrected chi connectivity index (χ2v) is 8.29. The minimum atomic E-state index is -0.891. The molecule has 0 saturated carbocycles. The highest BCUT2D eigenvalue weighted by molar-refractivity contribution is 9.10. The van der Waals surface area contributed by atoms with Crippen LogP contribution in [-0.2, 0) is 12.0 Å². The molecule has 0 heterocycles. The highest BCUT2D eigenvalue weighted by atomic mass is 79.9. The first-order valence-electron chi connectivity index (χ1n) is 8.77. The molecule has 1 aliphatic rings. The molecule has 1 aliphatic carbocycles. The monoisotopic (exact) mass is 377 g/mol. The highest BCUT2D eigenvalue weighted by Crippen LogP contribution is 2.56. The Balaban J connectivity index is 2.72. The molecule has 0 bridgehead atoms. The van der Waals surface area contributed by atoms with E-state index in [9.17, 15) is 10.4 Å². The summed E-state index contributed by atoms with van der Waals surface area (Å²) in [5.41, 5.74) is 1.69. The van der Waals surface area contributed by atoms with Crippen molar-refractivity contribution < 1.29 is 5.11 Å². The quantitative estimate of drug-likeness (QED) is 0.715. The molecule has 0 aromatic heterocycles. The van der Waals surface area contributed by atoms with E-state index >= 15 is 0 Å². The minimum Gasteiger partial charge on any atom is -0.384 e. The molecule has 23 heavy (non-hydrogen) atoms. The summed E-state index contributed by atoms with van der Waals surface area (Å²) >= 11 is 3.64. The molecular weight excluding hydrogens is 350 g/mol. The van der Waals surface area contributed by atoms with E-state index in [0.717, 1.165) is 48.6 Å². The normalized spacial score (nSPS) is 22.7. The molecule has 1 atom stereocenters. The van der Waals surface area contributed by atoms with Gasteiger partial charge in [0.05, 0.1) is 11.2 Å². The number of nitrogens with zero attached hydrogens (tertiary/aromatic N) is 1. The third-order valence-corrected chi connectivity index (χ3v) is 6.47. The van der Waals surface area contributed by atoms with Crippen LogP contribution in [0.15, 0.2) is 16.6 Å². The van der Waals surface area contributed by atoms with E-state index in [4.69, 9.17) is 0 Å². The molecule has 126 valence electrons. The summed E-state index contributed by atoms with van der Waals surface area (Å²) in [7, 11) is 0. The van der Waals surface area contributed by atoms with Crippen molar-refractivity contribution in [1.82, 2.24) is 0 Å². The average molecular weight is 378 g/mol. The van der Waals surface area contributed by atoms with Crippen molar-refractivity contribution >= 4 is 15.9 Å². The van der Waals surface area contributed by atoms with Crippen molar-refractivity contribution in [3.8, 4) is 6.07 Å². The summed E-state index contributed by atoms with van der Waals surface area (Å²) < 4.78 is 0.796. The van der Waals surface area contributed by atoms with Crippen LogP contribution in [0.1, 0.15) is 76.5 Å². The van der Waals surface area contributed by atoms with Crippen LogP contribution in [0.5, 0.6) is 0 Å². The molecule has 0 fully saturated rings. The number of fused-ring (bicyclic) bond motifs is 1. The first kappa shape index (κ1) is 18.5. The van der Waals surface area contributed by atoms with Gasteiger partial charge in [0, 0.05) is 10.0 Å². The fourth-order valence-corrected chi connectivity index (χ4v) is 5.09. The lowest BCUT2D eigenvalue weighted by Crippen LogP contribution is -2.51. The predicted octanol–water partition coefficient (Wildman–Crippen LogP) is 5.70. The number of hydrogen-bond donors (Lipinski definition) is 1. The second-order valence-electron chi connectivity index (χ2n) is 7.50. The standard InChI is InChI=1S/C20H28BrNO/c1-5-7-16(8-6-2)20(23)17-14(11-12-19(20,3)4)9-10-15(13-22)18(17)21/h9-10,16,23H,5-8,11-12H2,1-4H3. The van der Waals surface area contributed by atoms with Crippen LogP contribution in [0.3, 0.4) is 0 Å². The Labute approximate surface area is 149 Å². The van der Waals surface area contributed by atoms with Gasteiger partial charge in [-0.15, -0.1) is 0 Å². The zero-order valence-corrected chi connectivity index (χ0v) is 16.3. The van der Waals surface area contributed by atoms with Gasteiger partial charge in [-0.3, -0.25) is 0 Å². The van der Waals surface area contributed by atoms with Gasteiger partial charge in [0.2, 0.25) is 0 Å². The fraction of sp³-hybridized carbons (Fsp3) is 0.650. The van der Waals surface area contributed by atoms with E-state index in [1.165, 1.54) is 5.56 Å². The van der Waals surface area contributed by atoms with Crippen LogP contribution in [-0.4, -0.2) is 5.11 Å². The first-order chi connectivity index (χ1) is 10.8. The third kappa shape index (κ3) is 2.96. The van der Waals surface area contributed by atoms with Gasteiger partial charge in [-0.2, -0.15) is 5.26 Å². The second kappa shape index (κ2) is 6.95. The Bertz CT molecular complexity index is 611. The summed E-state index contributed by atoms with van der Waals surface area (Å²) in [4.78, 5) is 0. The van der Waals surface area contributed by atoms with Crippen molar-refractivity contribution in [3.63, 3.8) is 0 Å². The molecule has 0 aliphatic heterocycles. The molecule has 0 spiro atoms. The van der Waals surface area contributed by atoms with Crippen LogP contribution in [0.4, 0.5) is 0 Å². The van der Waals surface area contributed by atoms with Gasteiger partial charge in [-0.25, -0.2) is 0 Å². The van der Waals surface area contributed by atoms with Gasteiger partial charge in [0.25, 0.3) is 0 Å². The largest absolute Gasteiger partial charge is 0.384 e. The molecule has 2 nitrogen and oxygen atoms in total. The summed E-state index contributed by atoms with van der Waals surface area (Å²) in [5, 5.41) is 21.4. The molecule has 1 unspecified atom stereocenters. The number of aliphatic hydroxyl groups is 1. The number of aryl methyl sites for hydroxylation is 1. The first-order valence-corrected chi connectivity index (χ1v) is 9.57. The van der Waals surface area contributed by atoms with Gasteiger partial charge in [-0.1, -0.05) is 46.6 Å². The molecule has 1 aromatic rings. The molecule has 1 N–H and O–H groups in total. The van der Waals surface area contributed by atoms with Crippen LogP contribution >= 0.6 is 15.9 Å². The Kier molecular flexibility index (Phi) is 5.59. The molecular formula is C20H28BrNO. The number of hydrogen-bond acceptors (Lipinski definition) is 2. The van der Waals surface area contributed by atoms with Gasteiger partial charge >= 0.3 is 0 Å². The maximum absolute atomic E-state index is 12.0. The fourth-order valence-electron chi connectivity index (χ4n) is 4.31. The van der Waals surface area contributed by atoms with Crippen LogP contribution in [0, 0.1) is 22.7 Å². The lowest BCUT2D eigenvalue weighted by atomic mass is 9.56. The van der Waals surface area contributed by atoms with E-state index in [-0.39, 0.29) is 11.3 Å². The zero-order chi connectivity index (χ0) is 17.3. The van der Waals surface area contributed by atoms with Crippen LogP contribution < -0.4 is 0 Å². The van der Waals surface area contributed by atoms with Crippen molar-refractivity contribution in [2.75, 3.05) is 0 Å². The van der Waals surface area contributed by atoms with Crippen molar-refractivity contribution in [1.29, 1.82) is 5.26 Å². The Hall–Kier alpha value is -0.850. The lowest BCUT2D eigenvalue weighted by molar-refractivity contribution is -0.136. The maximum Gasteiger partial charge on any atom is 0.100 e. The Morgan fingerprint density at radius 1 is 1.26 bits per heavy atom. The number of benzene rings is 1. The van der Waals surface area contributed by atoms with Gasteiger partial charge < -0.3 is 5.11 Å². The van der Waals surface area contributed by atoms with Crippen molar-refractivity contribution in [3.05, 3.63) is 33.3 Å². The van der Waals surface area contributed by atoms with Gasteiger partial charge in [0.15, 0.2) is 0 Å². The summed E-state index contributed by atoms with van der Waals surface area (Å²) in [6.07, 6.45) is 6.08. The molecule has 3 heteroatoms. The van der Waals surface area contributed by atoms with Crippen molar-refractivity contribution in [2.24, 2.45) is 11.3 Å². The molecule has 2 rings (SSSR count). The van der Waals surface area contributed by atoms with Gasteiger partial charge in [-0.05, 0) is 64.6 Å². The van der Waals surface area contributed by atoms with E-state index < -0.39 is 5.60 Å². The molecule has 0 amide bonds. The topological polar surface area (TPSA) is 44.0 Å². The summed E-state index contributed by atoms with van der Waals surface area (Å²) in [6, 6.07) is 6.16. The minimum absolute atomic E-state index is 0.203. The molecule has 0 saturated heterocycles. The summed E-state index contributed by atoms with van der Waals surface area (Å²) in [6.45, 7) is 8.73. The van der Waals surface area contributed by atoms with E-state index in [1.807, 2.05) is 12.1 Å². The third-order valence-electron chi connectivity index (χ3n) is 5.65.